The average molecular weight is 281 g/mol. The van der Waals surface area contributed by atoms with Crippen molar-refractivity contribution in [1.82, 2.24) is 5.32 Å². The molecule has 1 fully saturated rings. The number of hydrogen-bond donors (Lipinski definition) is 2. The fraction of sp³-hybridized carbons (Fsp3) is 0.429. The summed E-state index contributed by atoms with van der Waals surface area (Å²) in [6, 6.07) is 3.51. The van der Waals surface area contributed by atoms with Gasteiger partial charge in [0.05, 0.1) is 18.6 Å². The number of aliphatic carboxylic acids is 1. The highest BCUT2D eigenvalue weighted by Gasteiger charge is 2.31. The molecule has 0 bridgehead atoms. The number of hydrogen-bond acceptors (Lipinski definition) is 3. The zero-order valence-electron chi connectivity index (χ0n) is 11.1. The maximum Gasteiger partial charge on any atom is 0.306 e. The number of rotatable bonds is 4. The van der Waals surface area contributed by atoms with Crippen LogP contribution in [0.3, 0.4) is 0 Å². The summed E-state index contributed by atoms with van der Waals surface area (Å²) in [6.07, 6.45) is 1.56. The van der Waals surface area contributed by atoms with E-state index in [0.29, 0.717) is 19.3 Å². The number of benzene rings is 1. The minimum atomic E-state index is -0.843. The summed E-state index contributed by atoms with van der Waals surface area (Å²) >= 11 is 0. The highest BCUT2D eigenvalue weighted by molar-refractivity contribution is 5.97. The van der Waals surface area contributed by atoms with Crippen LogP contribution < -0.4 is 10.1 Å². The van der Waals surface area contributed by atoms with Crippen LogP contribution in [0.4, 0.5) is 4.39 Å². The maximum absolute atomic E-state index is 13.2. The molecule has 0 spiro atoms. The van der Waals surface area contributed by atoms with Crippen LogP contribution in [-0.2, 0) is 4.79 Å². The van der Waals surface area contributed by atoms with Gasteiger partial charge in [-0.1, -0.05) is 0 Å². The third-order valence-corrected chi connectivity index (χ3v) is 3.52. The van der Waals surface area contributed by atoms with Crippen LogP contribution in [0.2, 0.25) is 0 Å². The summed E-state index contributed by atoms with van der Waals surface area (Å²) in [5.41, 5.74) is 0.117. The van der Waals surface area contributed by atoms with E-state index in [-0.39, 0.29) is 17.4 Å². The van der Waals surface area contributed by atoms with Crippen LogP contribution in [-0.4, -0.2) is 30.1 Å². The van der Waals surface area contributed by atoms with Gasteiger partial charge in [-0.3, -0.25) is 9.59 Å². The molecule has 20 heavy (non-hydrogen) atoms. The molecule has 2 N–H and O–H groups in total. The summed E-state index contributed by atoms with van der Waals surface area (Å²) in [5.74, 6) is -1.94. The quantitative estimate of drug-likeness (QED) is 0.882. The first-order chi connectivity index (χ1) is 9.51. The molecular weight excluding hydrogens is 265 g/mol. The molecule has 0 saturated heterocycles. The first kappa shape index (κ1) is 14.3. The Morgan fingerprint density at radius 2 is 2.15 bits per heavy atom. The Balaban J connectivity index is 2.06. The summed E-state index contributed by atoms with van der Waals surface area (Å²) in [5, 5.41) is 11.7. The molecule has 2 atom stereocenters. The van der Waals surface area contributed by atoms with E-state index in [9.17, 15) is 14.0 Å². The van der Waals surface area contributed by atoms with Crippen molar-refractivity contribution in [3.8, 4) is 5.75 Å². The molecule has 0 unspecified atom stereocenters. The number of carboxylic acid groups (broad SMARTS) is 1. The van der Waals surface area contributed by atoms with E-state index in [1.807, 2.05) is 0 Å². The predicted molar refractivity (Wildman–Crippen MR) is 69.2 cm³/mol. The Hall–Kier alpha value is -2.11. The second kappa shape index (κ2) is 5.90. The minimum absolute atomic E-state index is 0.117. The van der Waals surface area contributed by atoms with Gasteiger partial charge in [0.15, 0.2) is 0 Å². The first-order valence-corrected chi connectivity index (χ1v) is 6.38. The van der Waals surface area contributed by atoms with Gasteiger partial charge in [-0.05, 0) is 37.5 Å². The van der Waals surface area contributed by atoms with E-state index in [1.54, 1.807) is 0 Å². The largest absolute Gasteiger partial charge is 0.496 e. The number of nitrogens with one attached hydrogen (secondary N) is 1. The van der Waals surface area contributed by atoms with Gasteiger partial charge in [-0.15, -0.1) is 0 Å². The van der Waals surface area contributed by atoms with E-state index in [0.717, 1.165) is 6.07 Å². The van der Waals surface area contributed by atoms with Gasteiger partial charge in [-0.2, -0.15) is 0 Å². The lowest BCUT2D eigenvalue weighted by atomic mass is 10.1. The summed E-state index contributed by atoms with van der Waals surface area (Å²) in [7, 11) is 1.40. The molecule has 1 saturated carbocycles. The van der Waals surface area contributed by atoms with Crippen molar-refractivity contribution in [3.63, 3.8) is 0 Å². The van der Waals surface area contributed by atoms with E-state index in [4.69, 9.17) is 9.84 Å². The zero-order chi connectivity index (χ0) is 14.7. The van der Waals surface area contributed by atoms with E-state index in [1.165, 1.54) is 19.2 Å². The fourth-order valence-corrected chi connectivity index (χ4v) is 2.46. The molecule has 0 radical (unpaired) electrons. The monoisotopic (exact) mass is 281 g/mol. The second-order valence-electron chi connectivity index (χ2n) is 4.86. The van der Waals surface area contributed by atoms with Gasteiger partial charge < -0.3 is 15.2 Å². The maximum atomic E-state index is 13.2. The fourth-order valence-electron chi connectivity index (χ4n) is 2.46. The SMILES string of the molecule is COc1ccc(F)cc1C(=O)N[C@H]1CC[C@@H](C(=O)O)C1. The molecule has 6 heteroatoms. The van der Waals surface area contributed by atoms with Crippen LogP contribution in [0.1, 0.15) is 29.6 Å². The van der Waals surface area contributed by atoms with Crippen molar-refractivity contribution in [3.05, 3.63) is 29.6 Å². The Morgan fingerprint density at radius 3 is 2.75 bits per heavy atom. The molecule has 0 heterocycles. The Morgan fingerprint density at radius 1 is 1.40 bits per heavy atom. The number of carboxylic acids is 1. The van der Waals surface area contributed by atoms with Crippen LogP contribution in [0.5, 0.6) is 5.75 Å². The third-order valence-electron chi connectivity index (χ3n) is 3.52. The Labute approximate surface area is 115 Å². The Kier molecular flexibility index (Phi) is 4.22. The molecule has 0 aliphatic heterocycles. The van der Waals surface area contributed by atoms with Crippen molar-refractivity contribution in [2.75, 3.05) is 7.11 Å². The molecule has 1 aromatic carbocycles. The van der Waals surface area contributed by atoms with Gasteiger partial charge in [0.2, 0.25) is 0 Å². The molecular formula is C14H16FNO4. The van der Waals surface area contributed by atoms with Crippen molar-refractivity contribution >= 4 is 11.9 Å². The molecule has 5 nitrogen and oxygen atoms in total. The lowest BCUT2D eigenvalue weighted by molar-refractivity contribution is -0.141. The third kappa shape index (κ3) is 3.07. The normalized spacial score (nSPS) is 21.5. The van der Waals surface area contributed by atoms with Crippen LogP contribution >= 0.6 is 0 Å². The van der Waals surface area contributed by atoms with Crippen molar-refractivity contribution < 1.29 is 23.8 Å². The molecule has 1 amide bonds. The number of carbonyl (C=O) groups is 2. The number of amides is 1. The molecule has 0 aromatic heterocycles. The van der Waals surface area contributed by atoms with Gasteiger partial charge in [-0.25, -0.2) is 4.39 Å². The Bertz CT molecular complexity index is 532. The number of halogens is 1. The van der Waals surface area contributed by atoms with Gasteiger partial charge >= 0.3 is 5.97 Å². The number of methoxy groups -OCH3 is 1. The van der Waals surface area contributed by atoms with Crippen LogP contribution in [0.25, 0.3) is 0 Å². The predicted octanol–water partition coefficient (Wildman–Crippen LogP) is 1.82. The number of carbonyl (C=O) groups excluding carboxylic acids is 1. The first-order valence-electron chi connectivity index (χ1n) is 6.38. The van der Waals surface area contributed by atoms with Crippen molar-refractivity contribution in [2.45, 2.75) is 25.3 Å². The standard InChI is InChI=1S/C14H16FNO4/c1-20-12-5-3-9(15)7-11(12)13(17)16-10-4-2-8(6-10)14(18)19/h3,5,7-8,10H,2,4,6H2,1H3,(H,16,17)(H,18,19)/t8-,10+/m1/s1. The number of ether oxygens (including phenoxy) is 1. The molecule has 1 aliphatic rings. The highest BCUT2D eigenvalue weighted by Crippen LogP contribution is 2.26. The van der Waals surface area contributed by atoms with Crippen molar-refractivity contribution in [1.29, 1.82) is 0 Å². The smallest absolute Gasteiger partial charge is 0.306 e. The summed E-state index contributed by atoms with van der Waals surface area (Å²) < 4.78 is 18.2. The molecule has 108 valence electrons. The zero-order valence-corrected chi connectivity index (χ0v) is 11.1. The van der Waals surface area contributed by atoms with E-state index in [2.05, 4.69) is 5.32 Å². The minimum Gasteiger partial charge on any atom is -0.496 e. The van der Waals surface area contributed by atoms with Gasteiger partial charge in [0.25, 0.3) is 5.91 Å². The lowest BCUT2D eigenvalue weighted by Crippen LogP contribution is -2.33. The summed E-state index contributed by atoms with van der Waals surface area (Å²) in [6.45, 7) is 0. The van der Waals surface area contributed by atoms with Gasteiger partial charge in [0, 0.05) is 6.04 Å². The average Bonchev–Trinajstić information content (AvgIpc) is 2.87. The molecule has 2 rings (SSSR count). The van der Waals surface area contributed by atoms with Crippen LogP contribution in [0, 0.1) is 11.7 Å². The second-order valence-corrected chi connectivity index (χ2v) is 4.86. The lowest BCUT2D eigenvalue weighted by Gasteiger charge is -2.14. The highest BCUT2D eigenvalue weighted by atomic mass is 19.1. The van der Waals surface area contributed by atoms with E-state index < -0.39 is 23.6 Å². The van der Waals surface area contributed by atoms with Crippen molar-refractivity contribution in [2.24, 2.45) is 5.92 Å². The topological polar surface area (TPSA) is 75.6 Å². The molecule has 1 aliphatic carbocycles. The summed E-state index contributed by atoms with van der Waals surface area (Å²) in [4.78, 5) is 23.0. The van der Waals surface area contributed by atoms with E-state index >= 15 is 0 Å². The molecule has 1 aromatic rings. The van der Waals surface area contributed by atoms with Crippen LogP contribution in [0.15, 0.2) is 18.2 Å². The van der Waals surface area contributed by atoms with Gasteiger partial charge in [0.1, 0.15) is 11.6 Å².